The summed E-state index contributed by atoms with van der Waals surface area (Å²) in [6, 6.07) is 8.61. The van der Waals surface area contributed by atoms with Gasteiger partial charge in [0.15, 0.2) is 0 Å². The molecule has 1 aromatic carbocycles. The molecule has 0 aromatic heterocycles. The van der Waals surface area contributed by atoms with Crippen molar-refractivity contribution in [3.05, 3.63) is 35.4 Å². The molecule has 0 aliphatic carbocycles. The van der Waals surface area contributed by atoms with Crippen LogP contribution in [0.15, 0.2) is 24.3 Å². The van der Waals surface area contributed by atoms with Gasteiger partial charge in [-0.05, 0) is 31.9 Å². The molecule has 2 nitrogen and oxygen atoms in total. The second-order valence-corrected chi connectivity index (χ2v) is 3.80. The summed E-state index contributed by atoms with van der Waals surface area (Å²) in [5.41, 5.74) is 14.0. The summed E-state index contributed by atoms with van der Waals surface area (Å²) in [6.07, 6.45) is 3.21. The summed E-state index contributed by atoms with van der Waals surface area (Å²) >= 11 is 0. The van der Waals surface area contributed by atoms with Crippen molar-refractivity contribution in [1.29, 1.82) is 0 Å². The van der Waals surface area contributed by atoms with E-state index in [0.717, 1.165) is 25.8 Å². The SMILES string of the molecule is Cc1ccc([C@@H](N)CCCCN)cc1.Cl. The van der Waals surface area contributed by atoms with Crippen LogP contribution < -0.4 is 11.5 Å². The van der Waals surface area contributed by atoms with Crippen molar-refractivity contribution in [2.24, 2.45) is 11.5 Å². The van der Waals surface area contributed by atoms with Crippen LogP contribution in [0.1, 0.15) is 36.4 Å². The van der Waals surface area contributed by atoms with E-state index in [4.69, 9.17) is 11.5 Å². The number of hydrogen-bond acceptors (Lipinski definition) is 2. The predicted octanol–water partition coefficient (Wildman–Crippen LogP) is 2.55. The molecule has 3 heteroatoms. The van der Waals surface area contributed by atoms with Gasteiger partial charge in [0, 0.05) is 6.04 Å². The molecule has 0 saturated heterocycles. The topological polar surface area (TPSA) is 52.0 Å². The second kappa shape index (κ2) is 7.69. The maximum Gasteiger partial charge on any atom is 0.0294 e. The minimum Gasteiger partial charge on any atom is -0.330 e. The number of hydrogen-bond donors (Lipinski definition) is 2. The largest absolute Gasteiger partial charge is 0.330 e. The van der Waals surface area contributed by atoms with Gasteiger partial charge in [-0.25, -0.2) is 0 Å². The highest BCUT2D eigenvalue weighted by Crippen LogP contribution is 2.16. The maximum absolute atomic E-state index is 6.05. The quantitative estimate of drug-likeness (QED) is 0.762. The van der Waals surface area contributed by atoms with Crippen molar-refractivity contribution in [3.8, 4) is 0 Å². The highest BCUT2D eigenvalue weighted by Gasteiger charge is 2.04. The summed E-state index contributed by atoms with van der Waals surface area (Å²) in [5.74, 6) is 0. The predicted molar refractivity (Wildman–Crippen MR) is 68.3 cm³/mol. The maximum atomic E-state index is 6.05. The van der Waals surface area contributed by atoms with Gasteiger partial charge in [-0.15, -0.1) is 12.4 Å². The Hall–Kier alpha value is -0.570. The van der Waals surface area contributed by atoms with Crippen LogP contribution in [0.3, 0.4) is 0 Å². The lowest BCUT2D eigenvalue weighted by Gasteiger charge is -2.11. The minimum absolute atomic E-state index is 0. The van der Waals surface area contributed by atoms with E-state index in [-0.39, 0.29) is 18.4 Å². The summed E-state index contributed by atoms with van der Waals surface area (Å²) in [6.45, 7) is 2.85. The highest BCUT2D eigenvalue weighted by molar-refractivity contribution is 5.85. The van der Waals surface area contributed by atoms with Crippen molar-refractivity contribution in [1.82, 2.24) is 0 Å². The molecule has 0 fully saturated rings. The lowest BCUT2D eigenvalue weighted by Crippen LogP contribution is -2.10. The first-order valence-electron chi connectivity index (χ1n) is 5.26. The van der Waals surface area contributed by atoms with Crippen molar-refractivity contribution < 1.29 is 0 Å². The minimum atomic E-state index is 0. The van der Waals surface area contributed by atoms with Gasteiger partial charge in [-0.2, -0.15) is 0 Å². The Balaban J connectivity index is 0.00000196. The van der Waals surface area contributed by atoms with Gasteiger partial charge in [0.1, 0.15) is 0 Å². The van der Waals surface area contributed by atoms with E-state index in [2.05, 4.69) is 31.2 Å². The first-order chi connectivity index (χ1) is 6.74. The lowest BCUT2D eigenvalue weighted by molar-refractivity contribution is 0.591. The Bertz CT molecular complexity index is 259. The molecule has 15 heavy (non-hydrogen) atoms. The number of aryl methyl sites for hydroxylation is 1. The van der Waals surface area contributed by atoms with Crippen LogP contribution in [0.4, 0.5) is 0 Å². The van der Waals surface area contributed by atoms with Crippen LogP contribution in [0, 0.1) is 6.92 Å². The molecule has 4 N–H and O–H groups in total. The molecule has 0 aliphatic heterocycles. The first-order valence-corrected chi connectivity index (χ1v) is 5.26. The fraction of sp³-hybridized carbons (Fsp3) is 0.500. The number of halogens is 1. The van der Waals surface area contributed by atoms with Gasteiger partial charge in [0.05, 0.1) is 0 Å². The first kappa shape index (κ1) is 14.4. The van der Waals surface area contributed by atoms with Crippen LogP contribution in [0.25, 0.3) is 0 Å². The molecule has 0 spiro atoms. The Morgan fingerprint density at radius 3 is 2.27 bits per heavy atom. The second-order valence-electron chi connectivity index (χ2n) is 3.80. The number of nitrogens with two attached hydrogens (primary N) is 2. The molecule has 1 aromatic rings. The van der Waals surface area contributed by atoms with Crippen LogP contribution in [-0.2, 0) is 0 Å². The molecule has 0 unspecified atom stereocenters. The molecule has 1 atom stereocenters. The van der Waals surface area contributed by atoms with Crippen LogP contribution >= 0.6 is 12.4 Å². The molecular formula is C12H21ClN2. The smallest absolute Gasteiger partial charge is 0.0294 e. The van der Waals surface area contributed by atoms with Gasteiger partial charge < -0.3 is 11.5 Å². The fourth-order valence-corrected chi connectivity index (χ4v) is 1.49. The normalized spacial score (nSPS) is 11.9. The summed E-state index contributed by atoms with van der Waals surface area (Å²) in [5, 5.41) is 0. The lowest BCUT2D eigenvalue weighted by atomic mass is 10.0. The van der Waals surface area contributed by atoms with Gasteiger partial charge in [-0.1, -0.05) is 36.2 Å². The Labute approximate surface area is 98.5 Å². The molecule has 0 radical (unpaired) electrons. The third-order valence-corrected chi connectivity index (χ3v) is 2.47. The van der Waals surface area contributed by atoms with Crippen LogP contribution in [-0.4, -0.2) is 6.54 Å². The van der Waals surface area contributed by atoms with Crippen LogP contribution in [0.2, 0.25) is 0 Å². The molecule has 0 saturated carbocycles. The van der Waals surface area contributed by atoms with Gasteiger partial charge >= 0.3 is 0 Å². The molecule has 0 amide bonds. The Morgan fingerprint density at radius 2 is 1.73 bits per heavy atom. The summed E-state index contributed by atoms with van der Waals surface area (Å²) in [7, 11) is 0. The van der Waals surface area contributed by atoms with Gasteiger partial charge in [0.25, 0.3) is 0 Å². The van der Waals surface area contributed by atoms with Crippen LogP contribution in [0.5, 0.6) is 0 Å². The standard InChI is InChI=1S/C12H20N2.ClH/c1-10-5-7-11(8-6-10)12(14)4-2-3-9-13;/h5-8,12H,2-4,9,13-14H2,1H3;1H/t12-;/m0./s1. The van der Waals surface area contributed by atoms with E-state index in [9.17, 15) is 0 Å². The van der Waals surface area contributed by atoms with Crippen molar-refractivity contribution in [2.45, 2.75) is 32.2 Å². The average Bonchev–Trinajstić information content (AvgIpc) is 2.19. The van der Waals surface area contributed by atoms with Crippen molar-refractivity contribution >= 4 is 12.4 Å². The van der Waals surface area contributed by atoms with Gasteiger partial charge in [-0.3, -0.25) is 0 Å². The molecule has 0 bridgehead atoms. The van der Waals surface area contributed by atoms with E-state index in [1.165, 1.54) is 11.1 Å². The average molecular weight is 229 g/mol. The fourth-order valence-electron chi connectivity index (χ4n) is 1.49. The molecule has 1 rings (SSSR count). The van der Waals surface area contributed by atoms with E-state index in [1.54, 1.807) is 0 Å². The summed E-state index contributed by atoms with van der Waals surface area (Å²) in [4.78, 5) is 0. The van der Waals surface area contributed by atoms with E-state index in [0.29, 0.717) is 0 Å². The zero-order valence-corrected chi connectivity index (χ0v) is 10.1. The van der Waals surface area contributed by atoms with E-state index in [1.807, 2.05) is 0 Å². The molecular weight excluding hydrogens is 208 g/mol. The molecule has 0 heterocycles. The Kier molecular flexibility index (Phi) is 7.39. The number of unbranched alkanes of at least 4 members (excludes halogenated alkanes) is 1. The monoisotopic (exact) mass is 228 g/mol. The molecule has 0 aliphatic rings. The third-order valence-electron chi connectivity index (χ3n) is 2.47. The highest BCUT2D eigenvalue weighted by atomic mass is 35.5. The molecule has 86 valence electrons. The zero-order valence-electron chi connectivity index (χ0n) is 9.28. The van der Waals surface area contributed by atoms with E-state index >= 15 is 0 Å². The van der Waals surface area contributed by atoms with Crippen molar-refractivity contribution in [3.63, 3.8) is 0 Å². The van der Waals surface area contributed by atoms with Crippen molar-refractivity contribution in [2.75, 3.05) is 6.54 Å². The van der Waals surface area contributed by atoms with Gasteiger partial charge in [0.2, 0.25) is 0 Å². The third kappa shape index (κ3) is 5.17. The zero-order chi connectivity index (χ0) is 10.4. The van der Waals surface area contributed by atoms with E-state index < -0.39 is 0 Å². The summed E-state index contributed by atoms with van der Waals surface area (Å²) < 4.78 is 0. The number of rotatable bonds is 5. The number of benzene rings is 1. The Morgan fingerprint density at radius 1 is 1.13 bits per heavy atom.